The maximum Gasteiger partial charge on any atom is -0.0683 e. The molecule has 0 aliphatic rings. The number of hydrogen-bond donors (Lipinski definition) is 1. The highest BCUT2D eigenvalue weighted by molar-refractivity contribution is 3.63. The lowest BCUT2D eigenvalue weighted by Gasteiger charge is -1.07. The highest BCUT2D eigenvalue weighted by Crippen LogP contribution is 1.15. The molecule has 0 saturated carbocycles. The molecule has 1 N–H and O–H groups in total. The molecular formula is C5H17NO. The molecule has 0 saturated heterocycles. The van der Waals surface area contributed by atoms with Crippen molar-refractivity contribution < 1.29 is 0 Å². The third kappa shape index (κ3) is 454. The van der Waals surface area contributed by atoms with Gasteiger partial charge in [0, 0.05) is 0 Å². The average Bonchev–Trinajstić information content (AvgIpc) is 1.81. The van der Waals surface area contributed by atoms with Gasteiger partial charge in [-0.15, -0.1) is 0 Å². The van der Waals surface area contributed by atoms with Gasteiger partial charge in [0.1, 0.15) is 0 Å². The van der Waals surface area contributed by atoms with Gasteiger partial charge in [-0.2, -0.15) is 4.91 Å². The SMILES string of the molecule is C.CC.CC.N=O. The van der Waals surface area contributed by atoms with E-state index >= 15 is 0 Å². The Hall–Kier alpha value is -0.400. The lowest BCUT2D eigenvalue weighted by atomic mass is 11.0. The van der Waals surface area contributed by atoms with E-state index in [1.807, 2.05) is 27.7 Å². The van der Waals surface area contributed by atoms with Crippen molar-refractivity contribution in [3.8, 4) is 0 Å². The number of nitrogens with one attached hydrogen (secondary N) is 1. The van der Waals surface area contributed by atoms with Gasteiger partial charge in [0.2, 0.25) is 0 Å². The Balaban J connectivity index is -0.00000000900. The number of hydrogen-bond acceptors (Lipinski definition) is 2. The van der Waals surface area contributed by atoms with Crippen LogP contribution in [0.1, 0.15) is 35.1 Å². The van der Waals surface area contributed by atoms with Crippen LogP contribution in [-0.2, 0) is 0 Å². The molecule has 0 aliphatic heterocycles. The van der Waals surface area contributed by atoms with E-state index in [1.54, 1.807) is 0 Å². The van der Waals surface area contributed by atoms with E-state index in [0.29, 0.717) is 0 Å². The topological polar surface area (TPSA) is 40.9 Å². The normalized spacial score (nSPS) is 2.29. The number of rotatable bonds is 0. The average molecular weight is 107 g/mol. The Bertz CT molecular complexity index is 8.04. The zero-order chi connectivity index (χ0) is 6.00. The minimum atomic E-state index is 0. The molecule has 2 nitrogen and oxygen atoms in total. The maximum atomic E-state index is 7.50. The van der Waals surface area contributed by atoms with Crippen LogP contribution in [0, 0.1) is 10.5 Å². The van der Waals surface area contributed by atoms with E-state index in [4.69, 9.17) is 4.91 Å². The fourth-order valence-corrected chi connectivity index (χ4v) is 0. The van der Waals surface area contributed by atoms with Gasteiger partial charge in [-0.3, -0.25) is 0 Å². The first-order chi connectivity index (χ1) is 3.00. The molecule has 0 radical (unpaired) electrons. The Morgan fingerprint density at radius 1 is 0.857 bits per heavy atom. The van der Waals surface area contributed by atoms with Crippen LogP contribution in [0.3, 0.4) is 0 Å². The highest BCUT2D eigenvalue weighted by atomic mass is 16.2. The molecule has 48 valence electrons. The van der Waals surface area contributed by atoms with Gasteiger partial charge in [-0.1, -0.05) is 40.7 Å². The van der Waals surface area contributed by atoms with Crippen LogP contribution in [0.5, 0.6) is 0 Å². The fraction of sp³-hybridized carbons (Fsp3) is 1.00. The smallest absolute Gasteiger partial charge is 0.0683 e. The first-order valence-electron chi connectivity index (χ1n) is 2.20. The minimum Gasteiger partial charge on any atom is -0.154 e. The summed E-state index contributed by atoms with van der Waals surface area (Å²) in [7, 11) is 0. The first-order valence-corrected chi connectivity index (χ1v) is 2.20. The van der Waals surface area contributed by atoms with E-state index in [2.05, 4.69) is 5.59 Å². The van der Waals surface area contributed by atoms with Crippen molar-refractivity contribution in [2.45, 2.75) is 35.1 Å². The third-order valence-corrected chi connectivity index (χ3v) is 0. The molecule has 0 amide bonds. The fourth-order valence-electron chi connectivity index (χ4n) is 0. The van der Waals surface area contributed by atoms with Crippen molar-refractivity contribution in [2.24, 2.45) is 0 Å². The molecule has 0 fully saturated rings. The molecule has 0 bridgehead atoms. The van der Waals surface area contributed by atoms with Gasteiger partial charge in [-0.05, 0) is 0 Å². The molecule has 0 atom stereocenters. The van der Waals surface area contributed by atoms with E-state index in [-0.39, 0.29) is 7.43 Å². The molecule has 0 aliphatic carbocycles. The molecule has 0 spiro atoms. The summed E-state index contributed by atoms with van der Waals surface area (Å²) in [4.78, 5) is 7.50. The van der Waals surface area contributed by atoms with Crippen LogP contribution in [0.4, 0.5) is 0 Å². The molecule has 0 aromatic rings. The maximum absolute atomic E-state index is 7.50. The van der Waals surface area contributed by atoms with Gasteiger partial charge in [-0.25, -0.2) is 0 Å². The molecule has 0 aromatic heterocycles. The largest absolute Gasteiger partial charge is 0.154 e. The second kappa shape index (κ2) is 741. The highest BCUT2D eigenvalue weighted by Gasteiger charge is 0.934. The van der Waals surface area contributed by atoms with Crippen LogP contribution in [0.25, 0.3) is 0 Å². The van der Waals surface area contributed by atoms with E-state index < -0.39 is 0 Å². The van der Waals surface area contributed by atoms with Gasteiger partial charge in [0.15, 0.2) is 0 Å². The van der Waals surface area contributed by atoms with Crippen molar-refractivity contribution in [3.05, 3.63) is 4.91 Å². The van der Waals surface area contributed by atoms with Crippen LogP contribution in [0.2, 0.25) is 0 Å². The Morgan fingerprint density at radius 2 is 0.857 bits per heavy atom. The number of nitroso groups, excluding NO2 is 1. The van der Waals surface area contributed by atoms with E-state index in [1.165, 1.54) is 0 Å². The zero-order valence-corrected chi connectivity index (χ0v) is 4.91. The Morgan fingerprint density at radius 3 is 0.857 bits per heavy atom. The van der Waals surface area contributed by atoms with Gasteiger partial charge < -0.3 is 0 Å². The van der Waals surface area contributed by atoms with Gasteiger partial charge >= 0.3 is 0 Å². The van der Waals surface area contributed by atoms with Crippen molar-refractivity contribution in [1.29, 1.82) is 5.59 Å². The van der Waals surface area contributed by atoms with Crippen LogP contribution in [0.15, 0.2) is 0 Å². The molecular weight excluding hydrogens is 90.1 g/mol. The van der Waals surface area contributed by atoms with Crippen molar-refractivity contribution in [3.63, 3.8) is 0 Å². The summed E-state index contributed by atoms with van der Waals surface area (Å²) in [5.41, 5.74) is 4.50. The summed E-state index contributed by atoms with van der Waals surface area (Å²) >= 11 is 0. The Kier molecular flexibility index (Phi) is 3240. The van der Waals surface area contributed by atoms with Crippen LogP contribution < -0.4 is 0 Å². The predicted molar refractivity (Wildman–Crippen MR) is 35.5 cm³/mol. The van der Waals surface area contributed by atoms with Crippen LogP contribution in [-0.4, -0.2) is 0 Å². The predicted octanol–water partition coefficient (Wildman–Crippen LogP) is 3.02. The zero-order valence-electron chi connectivity index (χ0n) is 4.91. The van der Waals surface area contributed by atoms with Gasteiger partial charge in [0.05, 0.1) is 0 Å². The summed E-state index contributed by atoms with van der Waals surface area (Å²) in [5, 5.41) is 0. The second-order valence-electron chi connectivity index (χ2n) is 0. The summed E-state index contributed by atoms with van der Waals surface area (Å²) < 4.78 is 0. The van der Waals surface area contributed by atoms with Crippen molar-refractivity contribution >= 4 is 0 Å². The summed E-state index contributed by atoms with van der Waals surface area (Å²) in [5.74, 6) is 0. The molecule has 0 unspecified atom stereocenters. The molecule has 0 heterocycles. The molecule has 2 heteroatoms. The standard InChI is InChI=1S/2C2H6.CH4.HNO/c2*1-2;;1-2/h2*1-2H3;1H4;1H. The van der Waals surface area contributed by atoms with E-state index in [9.17, 15) is 0 Å². The lowest BCUT2D eigenvalue weighted by Crippen LogP contribution is -0.856. The van der Waals surface area contributed by atoms with Crippen molar-refractivity contribution in [1.82, 2.24) is 0 Å². The summed E-state index contributed by atoms with van der Waals surface area (Å²) in [6.45, 7) is 8.00. The minimum absolute atomic E-state index is 0. The molecule has 7 heavy (non-hydrogen) atoms. The van der Waals surface area contributed by atoms with Gasteiger partial charge in [0.25, 0.3) is 0 Å². The monoisotopic (exact) mass is 107 g/mol. The lowest BCUT2D eigenvalue weighted by molar-refractivity contribution is 1.49. The molecule has 0 aromatic carbocycles. The quantitative estimate of drug-likeness (QED) is 0.475. The summed E-state index contributed by atoms with van der Waals surface area (Å²) in [6.07, 6.45) is 0. The third-order valence-electron chi connectivity index (χ3n) is 0. The Labute approximate surface area is 46.7 Å². The van der Waals surface area contributed by atoms with Crippen molar-refractivity contribution in [2.75, 3.05) is 0 Å². The summed E-state index contributed by atoms with van der Waals surface area (Å²) in [6, 6.07) is 0. The first kappa shape index (κ1) is 30.6. The molecule has 0 rings (SSSR count). The van der Waals surface area contributed by atoms with Crippen LogP contribution >= 0.6 is 0 Å². The van der Waals surface area contributed by atoms with E-state index in [0.717, 1.165) is 0 Å². The second-order valence-corrected chi connectivity index (χ2v) is 0.